The van der Waals surface area contributed by atoms with Gasteiger partial charge in [-0.3, -0.25) is 19.9 Å². The Hall–Kier alpha value is -1.34. The van der Waals surface area contributed by atoms with Gasteiger partial charge in [0.1, 0.15) is 5.25 Å². The summed E-state index contributed by atoms with van der Waals surface area (Å²) in [5.74, 6) is -0.325. The number of benzene rings is 1. The lowest BCUT2D eigenvalue weighted by atomic mass is 10.3. The summed E-state index contributed by atoms with van der Waals surface area (Å²) in [6, 6.07) is 7.23. The SMILES string of the molecule is CCNC(=[NH+]CC)S[C@@H]1CC(=O)N(c2cccc(Br)c2)C1=O. The van der Waals surface area contributed by atoms with E-state index in [1.807, 2.05) is 26.0 Å². The standard InChI is InChI=1S/C15H18BrN3O2S/c1-3-17-15(18-4-2)22-12-9-13(20)19(14(12)21)11-7-5-6-10(16)8-11/h5-8,12H,3-4,9H2,1-2H3,(H,17,18)/p+1/t12-/m1/s1. The minimum atomic E-state index is -0.389. The van der Waals surface area contributed by atoms with Gasteiger partial charge in [0, 0.05) is 10.9 Å². The minimum absolute atomic E-state index is 0.159. The summed E-state index contributed by atoms with van der Waals surface area (Å²) in [7, 11) is 0. The lowest BCUT2D eigenvalue weighted by molar-refractivity contribution is -0.451. The second kappa shape index (κ2) is 7.78. The molecule has 5 nitrogen and oxygen atoms in total. The number of imide groups is 1. The molecular weight excluding hydrogens is 366 g/mol. The molecule has 0 unspecified atom stereocenters. The van der Waals surface area contributed by atoms with Crippen molar-refractivity contribution in [2.75, 3.05) is 18.0 Å². The average molecular weight is 385 g/mol. The van der Waals surface area contributed by atoms with Crippen LogP contribution in [0.15, 0.2) is 28.7 Å². The van der Waals surface area contributed by atoms with E-state index in [4.69, 9.17) is 0 Å². The number of hydrogen-bond donors (Lipinski definition) is 2. The largest absolute Gasteiger partial charge is 0.304 e. The van der Waals surface area contributed by atoms with Crippen molar-refractivity contribution < 1.29 is 14.6 Å². The zero-order chi connectivity index (χ0) is 16.1. The molecule has 1 heterocycles. The Morgan fingerprint density at radius 3 is 2.86 bits per heavy atom. The first-order valence-corrected chi connectivity index (χ1v) is 8.87. The quantitative estimate of drug-likeness (QED) is 0.459. The van der Waals surface area contributed by atoms with Crippen LogP contribution in [0.25, 0.3) is 0 Å². The number of nitrogens with zero attached hydrogens (tertiary/aromatic N) is 1. The molecule has 0 aromatic heterocycles. The molecular formula is C15H19BrN3O2S+. The fraction of sp³-hybridized carbons (Fsp3) is 0.400. The Kier molecular flexibility index (Phi) is 6.02. The first-order chi connectivity index (χ1) is 10.6. The van der Waals surface area contributed by atoms with Crippen LogP contribution in [0.1, 0.15) is 20.3 Å². The lowest BCUT2D eigenvalue weighted by Gasteiger charge is -2.14. The van der Waals surface area contributed by atoms with E-state index in [0.717, 1.165) is 22.7 Å². The molecule has 22 heavy (non-hydrogen) atoms. The van der Waals surface area contributed by atoms with Crippen molar-refractivity contribution in [2.45, 2.75) is 25.5 Å². The van der Waals surface area contributed by atoms with Crippen molar-refractivity contribution >= 4 is 50.4 Å². The van der Waals surface area contributed by atoms with Gasteiger partial charge in [0.05, 0.1) is 18.8 Å². The topological polar surface area (TPSA) is 63.4 Å². The maximum atomic E-state index is 12.6. The zero-order valence-corrected chi connectivity index (χ0v) is 15.0. The van der Waals surface area contributed by atoms with Crippen molar-refractivity contribution in [1.82, 2.24) is 5.32 Å². The van der Waals surface area contributed by atoms with E-state index in [9.17, 15) is 9.59 Å². The molecule has 0 radical (unpaired) electrons. The number of rotatable bonds is 4. The van der Waals surface area contributed by atoms with Crippen LogP contribution < -0.4 is 15.2 Å². The van der Waals surface area contributed by atoms with Crippen LogP contribution in [0.5, 0.6) is 0 Å². The van der Waals surface area contributed by atoms with Gasteiger partial charge in [0.25, 0.3) is 0 Å². The first-order valence-electron chi connectivity index (χ1n) is 7.20. The van der Waals surface area contributed by atoms with Crippen molar-refractivity contribution in [2.24, 2.45) is 0 Å². The van der Waals surface area contributed by atoms with Crippen molar-refractivity contribution in [1.29, 1.82) is 0 Å². The van der Waals surface area contributed by atoms with Gasteiger partial charge in [-0.25, -0.2) is 4.90 Å². The number of hydrogen-bond acceptors (Lipinski definition) is 3. The Bertz CT molecular complexity index is 606. The summed E-state index contributed by atoms with van der Waals surface area (Å²) in [6.45, 7) is 5.51. The zero-order valence-electron chi connectivity index (χ0n) is 12.6. The number of anilines is 1. The lowest BCUT2D eigenvalue weighted by Crippen LogP contribution is -2.74. The van der Waals surface area contributed by atoms with E-state index < -0.39 is 0 Å². The van der Waals surface area contributed by atoms with Crippen molar-refractivity contribution in [3.05, 3.63) is 28.7 Å². The minimum Gasteiger partial charge on any atom is -0.274 e. The Labute approximate surface area is 142 Å². The normalized spacial score (nSPS) is 19.0. The third-order valence-corrected chi connectivity index (χ3v) is 4.78. The summed E-state index contributed by atoms with van der Waals surface area (Å²) in [6.07, 6.45) is 0.219. The Morgan fingerprint density at radius 1 is 1.45 bits per heavy atom. The molecule has 2 N–H and O–H groups in total. The van der Waals surface area contributed by atoms with Gasteiger partial charge in [0.2, 0.25) is 11.8 Å². The van der Waals surface area contributed by atoms with E-state index in [-0.39, 0.29) is 23.5 Å². The molecule has 1 aliphatic rings. The van der Waals surface area contributed by atoms with Gasteiger partial charge in [-0.15, -0.1) is 0 Å². The van der Waals surface area contributed by atoms with Crippen molar-refractivity contribution in [3.8, 4) is 0 Å². The number of nitrogens with one attached hydrogen (secondary N) is 2. The summed E-state index contributed by atoms with van der Waals surface area (Å²) >= 11 is 4.75. The van der Waals surface area contributed by atoms with E-state index in [1.165, 1.54) is 16.7 Å². The number of halogens is 1. The van der Waals surface area contributed by atoms with Gasteiger partial charge >= 0.3 is 5.17 Å². The number of amides is 2. The van der Waals surface area contributed by atoms with Gasteiger partial charge < -0.3 is 0 Å². The first kappa shape index (κ1) is 17.0. The summed E-state index contributed by atoms with van der Waals surface area (Å²) in [4.78, 5) is 29.3. The monoisotopic (exact) mass is 384 g/mol. The van der Waals surface area contributed by atoms with Crippen LogP contribution in [-0.2, 0) is 9.59 Å². The molecule has 2 amide bonds. The van der Waals surface area contributed by atoms with Gasteiger partial charge in [-0.2, -0.15) is 0 Å². The van der Waals surface area contributed by atoms with Gasteiger partial charge in [-0.05, 0) is 43.8 Å². The van der Waals surface area contributed by atoms with Gasteiger partial charge in [-0.1, -0.05) is 22.0 Å². The van der Waals surface area contributed by atoms with Crippen molar-refractivity contribution in [3.63, 3.8) is 0 Å². The Morgan fingerprint density at radius 2 is 2.23 bits per heavy atom. The maximum Gasteiger partial charge on any atom is 0.304 e. The van der Waals surface area contributed by atoms with Crippen LogP contribution in [0.3, 0.4) is 0 Å². The predicted molar refractivity (Wildman–Crippen MR) is 92.8 cm³/mol. The molecule has 118 valence electrons. The molecule has 0 bridgehead atoms. The second-order valence-corrected chi connectivity index (χ2v) is 6.88. The third kappa shape index (κ3) is 3.89. The molecule has 2 rings (SSSR count). The number of carbonyl (C=O) groups is 2. The smallest absolute Gasteiger partial charge is 0.274 e. The average Bonchev–Trinajstić information content (AvgIpc) is 2.74. The number of amidine groups is 1. The molecule has 1 aliphatic heterocycles. The van der Waals surface area contributed by atoms with Crippen LogP contribution in [0.4, 0.5) is 5.69 Å². The molecule has 1 atom stereocenters. The van der Waals surface area contributed by atoms with E-state index in [1.54, 1.807) is 12.1 Å². The molecule has 0 spiro atoms. The molecule has 1 fully saturated rings. The fourth-order valence-electron chi connectivity index (χ4n) is 2.19. The van der Waals surface area contributed by atoms with E-state index in [2.05, 4.69) is 26.2 Å². The van der Waals surface area contributed by atoms with Crippen LogP contribution in [0, 0.1) is 0 Å². The van der Waals surface area contributed by atoms with Crippen LogP contribution in [-0.4, -0.2) is 35.3 Å². The Balaban J connectivity index is 2.16. The highest BCUT2D eigenvalue weighted by Gasteiger charge is 2.41. The third-order valence-electron chi connectivity index (χ3n) is 3.11. The molecule has 1 saturated heterocycles. The molecule has 1 aromatic carbocycles. The highest BCUT2D eigenvalue weighted by Crippen LogP contribution is 2.30. The number of carbonyl (C=O) groups excluding carboxylic acids is 2. The molecule has 1 aromatic rings. The second-order valence-electron chi connectivity index (χ2n) is 4.75. The maximum absolute atomic E-state index is 12.6. The highest BCUT2D eigenvalue weighted by molar-refractivity contribution is 9.10. The molecule has 0 aliphatic carbocycles. The van der Waals surface area contributed by atoms with E-state index >= 15 is 0 Å². The molecule has 0 saturated carbocycles. The predicted octanol–water partition coefficient (Wildman–Crippen LogP) is 0.880. The van der Waals surface area contributed by atoms with Gasteiger partial charge in [0.15, 0.2) is 0 Å². The number of thioether (sulfide) groups is 1. The molecule has 7 heteroatoms. The van der Waals surface area contributed by atoms with Crippen LogP contribution >= 0.6 is 27.7 Å². The van der Waals surface area contributed by atoms with E-state index in [0.29, 0.717) is 5.69 Å². The summed E-state index contributed by atoms with van der Waals surface area (Å²) in [5, 5.41) is 3.64. The summed E-state index contributed by atoms with van der Waals surface area (Å²) in [5.41, 5.74) is 0.612. The highest BCUT2D eigenvalue weighted by atomic mass is 79.9. The fourth-order valence-corrected chi connectivity index (χ4v) is 3.75. The van der Waals surface area contributed by atoms with Crippen LogP contribution in [0.2, 0.25) is 0 Å². The summed E-state index contributed by atoms with van der Waals surface area (Å²) < 4.78 is 0.842.